The van der Waals surface area contributed by atoms with Gasteiger partial charge in [-0.15, -0.1) is 12.3 Å². The van der Waals surface area contributed by atoms with Gasteiger partial charge in [0.1, 0.15) is 0 Å². The summed E-state index contributed by atoms with van der Waals surface area (Å²) in [7, 11) is 0. The summed E-state index contributed by atoms with van der Waals surface area (Å²) in [5.74, 6) is 2.51. The molecule has 2 heteroatoms. The molecular formula is C10H18O2. The molecule has 0 aliphatic rings. The van der Waals surface area contributed by atoms with Crippen LogP contribution in [0.4, 0.5) is 0 Å². The van der Waals surface area contributed by atoms with Crippen molar-refractivity contribution < 1.29 is 9.47 Å². The van der Waals surface area contributed by atoms with Gasteiger partial charge in [-0.05, 0) is 13.3 Å². The van der Waals surface area contributed by atoms with Gasteiger partial charge < -0.3 is 9.47 Å². The normalized spacial score (nSPS) is 12.4. The standard InChI is InChI=1S/C10H18O2/c1-4-6-8-11-10(3)12-9-7-5-2/h1,10H,5-9H2,2-3H3. The van der Waals surface area contributed by atoms with Gasteiger partial charge in [0.2, 0.25) is 0 Å². The molecule has 12 heavy (non-hydrogen) atoms. The third-order valence-corrected chi connectivity index (χ3v) is 1.45. The third kappa shape index (κ3) is 7.59. The van der Waals surface area contributed by atoms with Crippen LogP contribution in [-0.2, 0) is 9.47 Å². The van der Waals surface area contributed by atoms with Crippen LogP contribution in [0.1, 0.15) is 33.1 Å². The molecule has 0 saturated carbocycles. The Morgan fingerprint density at radius 3 is 2.58 bits per heavy atom. The molecule has 0 N–H and O–H groups in total. The van der Waals surface area contributed by atoms with E-state index in [-0.39, 0.29) is 6.29 Å². The van der Waals surface area contributed by atoms with E-state index in [0.717, 1.165) is 19.4 Å². The van der Waals surface area contributed by atoms with Crippen molar-refractivity contribution >= 4 is 0 Å². The number of hydrogen-bond acceptors (Lipinski definition) is 2. The largest absolute Gasteiger partial charge is 0.353 e. The maximum Gasteiger partial charge on any atom is 0.154 e. The van der Waals surface area contributed by atoms with Crippen LogP contribution in [0.3, 0.4) is 0 Å². The maximum absolute atomic E-state index is 5.34. The highest BCUT2D eigenvalue weighted by atomic mass is 16.7. The predicted octanol–water partition coefficient (Wildman–Crippen LogP) is 2.19. The summed E-state index contributed by atoms with van der Waals surface area (Å²) in [5, 5.41) is 0. The number of ether oxygens (including phenoxy) is 2. The minimum absolute atomic E-state index is 0.120. The Morgan fingerprint density at radius 2 is 2.00 bits per heavy atom. The lowest BCUT2D eigenvalue weighted by molar-refractivity contribution is -0.129. The molecule has 0 rings (SSSR count). The Hall–Kier alpha value is -0.520. The maximum atomic E-state index is 5.34. The van der Waals surface area contributed by atoms with Gasteiger partial charge in [0.25, 0.3) is 0 Å². The molecule has 0 bridgehead atoms. The lowest BCUT2D eigenvalue weighted by Gasteiger charge is -2.12. The molecule has 2 nitrogen and oxygen atoms in total. The zero-order valence-electron chi connectivity index (χ0n) is 8.01. The average molecular weight is 170 g/mol. The molecule has 0 aromatic heterocycles. The summed E-state index contributed by atoms with van der Waals surface area (Å²) in [5.41, 5.74) is 0. The number of terminal acetylenes is 1. The Balaban J connectivity index is 3.11. The number of hydrogen-bond donors (Lipinski definition) is 0. The highest BCUT2D eigenvalue weighted by Gasteiger charge is 1.99. The molecule has 0 aliphatic carbocycles. The van der Waals surface area contributed by atoms with Gasteiger partial charge in [-0.2, -0.15) is 0 Å². The second-order valence-corrected chi connectivity index (χ2v) is 2.62. The second kappa shape index (κ2) is 8.58. The van der Waals surface area contributed by atoms with Crippen molar-refractivity contribution in [2.75, 3.05) is 13.2 Å². The Bertz CT molecular complexity index is 126. The molecule has 0 fully saturated rings. The van der Waals surface area contributed by atoms with Crippen LogP contribution in [0.15, 0.2) is 0 Å². The molecule has 0 aliphatic heterocycles. The lowest BCUT2D eigenvalue weighted by Crippen LogP contribution is -2.14. The summed E-state index contributed by atoms with van der Waals surface area (Å²) < 4.78 is 10.6. The smallest absolute Gasteiger partial charge is 0.154 e. The van der Waals surface area contributed by atoms with Gasteiger partial charge in [0.15, 0.2) is 6.29 Å². The van der Waals surface area contributed by atoms with E-state index >= 15 is 0 Å². The zero-order valence-corrected chi connectivity index (χ0v) is 8.01. The molecule has 0 heterocycles. The fraction of sp³-hybridized carbons (Fsp3) is 0.800. The summed E-state index contributed by atoms with van der Waals surface area (Å²) in [6, 6.07) is 0. The zero-order chi connectivity index (χ0) is 9.23. The van der Waals surface area contributed by atoms with Crippen molar-refractivity contribution in [3.05, 3.63) is 0 Å². The van der Waals surface area contributed by atoms with Crippen LogP contribution in [0, 0.1) is 12.3 Å². The summed E-state index contributed by atoms with van der Waals surface area (Å²) >= 11 is 0. The SMILES string of the molecule is C#CCCOC(C)OCCCC. The highest BCUT2D eigenvalue weighted by molar-refractivity contribution is 4.82. The van der Waals surface area contributed by atoms with Crippen LogP contribution in [0.2, 0.25) is 0 Å². The summed E-state index contributed by atoms with van der Waals surface area (Å²) in [6.07, 6.45) is 7.84. The number of rotatable bonds is 7. The van der Waals surface area contributed by atoms with E-state index in [1.54, 1.807) is 0 Å². The Kier molecular flexibility index (Phi) is 8.20. The van der Waals surface area contributed by atoms with Crippen LogP contribution >= 0.6 is 0 Å². The molecule has 0 aromatic rings. The molecule has 0 saturated heterocycles. The van der Waals surface area contributed by atoms with Gasteiger partial charge in [-0.25, -0.2) is 0 Å². The van der Waals surface area contributed by atoms with Gasteiger partial charge >= 0.3 is 0 Å². The first-order chi connectivity index (χ1) is 5.81. The minimum Gasteiger partial charge on any atom is -0.353 e. The van der Waals surface area contributed by atoms with E-state index in [1.807, 2.05) is 6.92 Å². The first-order valence-corrected chi connectivity index (χ1v) is 4.48. The van der Waals surface area contributed by atoms with E-state index in [2.05, 4.69) is 12.8 Å². The van der Waals surface area contributed by atoms with Crippen molar-refractivity contribution in [3.63, 3.8) is 0 Å². The van der Waals surface area contributed by atoms with Crippen molar-refractivity contribution in [1.29, 1.82) is 0 Å². The molecular weight excluding hydrogens is 152 g/mol. The molecule has 70 valence electrons. The highest BCUT2D eigenvalue weighted by Crippen LogP contribution is 1.97. The molecule has 0 amide bonds. The average Bonchev–Trinajstić information content (AvgIpc) is 2.06. The van der Waals surface area contributed by atoms with Crippen LogP contribution in [0.25, 0.3) is 0 Å². The minimum atomic E-state index is -0.120. The van der Waals surface area contributed by atoms with Crippen LogP contribution < -0.4 is 0 Å². The third-order valence-electron chi connectivity index (χ3n) is 1.45. The fourth-order valence-electron chi connectivity index (χ4n) is 0.726. The lowest BCUT2D eigenvalue weighted by atomic mass is 10.4. The quantitative estimate of drug-likeness (QED) is 0.331. The molecule has 1 unspecified atom stereocenters. The fourth-order valence-corrected chi connectivity index (χ4v) is 0.726. The first kappa shape index (κ1) is 11.5. The molecule has 1 atom stereocenters. The number of unbranched alkanes of at least 4 members (excludes halogenated alkanes) is 1. The van der Waals surface area contributed by atoms with Gasteiger partial charge in [-0.3, -0.25) is 0 Å². The van der Waals surface area contributed by atoms with Crippen LogP contribution in [0.5, 0.6) is 0 Å². The van der Waals surface area contributed by atoms with Gasteiger partial charge in [-0.1, -0.05) is 13.3 Å². The van der Waals surface area contributed by atoms with Crippen LogP contribution in [-0.4, -0.2) is 19.5 Å². The Labute approximate surface area is 75.3 Å². The van der Waals surface area contributed by atoms with Crippen molar-refractivity contribution in [3.8, 4) is 12.3 Å². The topological polar surface area (TPSA) is 18.5 Å². The van der Waals surface area contributed by atoms with E-state index in [0.29, 0.717) is 13.0 Å². The van der Waals surface area contributed by atoms with Crippen molar-refractivity contribution in [1.82, 2.24) is 0 Å². The van der Waals surface area contributed by atoms with E-state index < -0.39 is 0 Å². The van der Waals surface area contributed by atoms with Gasteiger partial charge in [0.05, 0.1) is 6.61 Å². The molecule has 0 radical (unpaired) electrons. The summed E-state index contributed by atoms with van der Waals surface area (Å²) in [6.45, 7) is 5.39. The van der Waals surface area contributed by atoms with E-state index in [1.165, 1.54) is 0 Å². The van der Waals surface area contributed by atoms with Gasteiger partial charge in [0, 0.05) is 13.0 Å². The predicted molar refractivity (Wildman–Crippen MR) is 49.7 cm³/mol. The molecule has 0 spiro atoms. The van der Waals surface area contributed by atoms with Crippen molar-refractivity contribution in [2.45, 2.75) is 39.4 Å². The molecule has 0 aromatic carbocycles. The van der Waals surface area contributed by atoms with E-state index in [4.69, 9.17) is 15.9 Å². The van der Waals surface area contributed by atoms with E-state index in [9.17, 15) is 0 Å². The Morgan fingerprint density at radius 1 is 1.33 bits per heavy atom. The van der Waals surface area contributed by atoms with Crippen molar-refractivity contribution in [2.24, 2.45) is 0 Å². The monoisotopic (exact) mass is 170 g/mol. The first-order valence-electron chi connectivity index (χ1n) is 4.48. The second-order valence-electron chi connectivity index (χ2n) is 2.62. The summed E-state index contributed by atoms with van der Waals surface area (Å²) in [4.78, 5) is 0.